The van der Waals surface area contributed by atoms with Gasteiger partial charge in [-0.25, -0.2) is 0 Å². The van der Waals surface area contributed by atoms with Gasteiger partial charge in [-0.3, -0.25) is 9.59 Å². The van der Waals surface area contributed by atoms with E-state index < -0.39 is 0 Å². The number of thioether (sulfide) groups is 1. The fourth-order valence-electron chi connectivity index (χ4n) is 2.99. The smallest absolute Gasteiger partial charge is 0.246 e. The quantitative estimate of drug-likeness (QED) is 0.795. The largest absolute Gasteiger partial charge is 0.380 e. The molecule has 2 fully saturated rings. The first-order valence-electron chi connectivity index (χ1n) is 8.00. The summed E-state index contributed by atoms with van der Waals surface area (Å²) >= 11 is 1.67. The van der Waals surface area contributed by atoms with E-state index in [1.54, 1.807) is 23.8 Å². The first kappa shape index (κ1) is 17.6. The van der Waals surface area contributed by atoms with Crippen LogP contribution in [-0.2, 0) is 14.3 Å². The Balaban J connectivity index is 2.00. The summed E-state index contributed by atoms with van der Waals surface area (Å²) in [4.78, 5) is 29.0. The molecule has 0 N–H and O–H groups in total. The van der Waals surface area contributed by atoms with E-state index in [-0.39, 0.29) is 29.4 Å². The summed E-state index contributed by atoms with van der Waals surface area (Å²) in [7, 11) is 1.70. The van der Waals surface area contributed by atoms with E-state index >= 15 is 0 Å². The SMILES string of the molecule is CO[C@@H]1CCCN(C(=O)[C@@H]2CSCN2C(=O)CC(C)(C)C)C1. The molecule has 0 aromatic heterocycles. The predicted octanol–water partition coefficient (Wildman–Crippen LogP) is 1.96. The van der Waals surface area contributed by atoms with Gasteiger partial charge in [-0.2, -0.15) is 0 Å². The Labute approximate surface area is 137 Å². The third kappa shape index (κ3) is 4.38. The molecule has 0 unspecified atom stereocenters. The molecular formula is C16H28N2O3S. The second kappa shape index (κ2) is 7.21. The Morgan fingerprint density at radius 2 is 2.05 bits per heavy atom. The van der Waals surface area contributed by atoms with Gasteiger partial charge in [-0.05, 0) is 18.3 Å². The third-order valence-corrected chi connectivity index (χ3v) is 5.20. The van der Waals surface area contributed by atoms with Crippen LogP contribution in [0.3, 0.4) is 0 Å². The summed E-state index contributed by atoms with van der Waals surface area (Å²) in [5, 5.41) is 0. The minimum absolute atomic E-state index is 0.0514. The van der Waals surface area contributed by atoms with Gasteiger partial charge in [0.25, 0.3) is 0 Å². The summed E-state index contributed by atoms with van der Waals surface area (Å²) in [5.41, 5.74) is -0.0514. The first-order chi connectivity index (χ1) is 10.3. The molecule has 0 aromatic rings. The van der Waals surface area contributed by atoms with Gasteiger partial charge in [-0.1, -0.05) is 20.8 Å². The summed E-state index contributed by atoms with van der Waals surface area (Å²) in [5.74, 6) is 1.53. The molecule has 2 aliphatic rings. The lowest BCUT2D eigenvalue weighted by Crippen LogP contribution is -2.52. The molecule has 2 aliphatic heterocycles. The summed E-state index contributed by atoms with van der Waals surface area (Å²) in [6.45, 7) is 7.59. The van der Waals surface area contributed by atoms with Crippen molar-refractivity contribution in [2.75, 3.05) is 31.8 Å². The number of nitrogens with zero attached hydrogens (tertiary/aromatic N) is 2. The summed E-state index contributed by atoms with van der Waals surface area (Å²) in [6.07, 6.45) is 2.59. The molecule has 2 heterocycles. The molecule has 0 aliphatic carbocycles. The van der Waals surface area contributed by atoms with Gasteiger partial charge in [-0.15, -0.1) is 11.8 Å². The number of hydrogen-bond donors (Lipinski definition) is 0. The highest BCUT2D eigenvalue weighted by atomic mass is 32.2. The molecule has 2 atom stereocenters. The van der Waals surface area contributed by atoms with Gasteiger partial charge in [0.1, 0.15) is 6.04 Å². The van der Waals surface area contributed by atoms with E-state index in [9.17, 15) is 9.59 Å². The lowest BCUT2D eigenvalue weighted by Gasteiger charge is -2.35. The van der Waals surface area contributed by atoms with E-state index in [4.69, 9.17) is 4.74 Å². The van der Waals surface area contributed by atoms with E-state index in [1.165, 1.54) is 0 Å². The van der Waals surface area contributed by atoms with E-state index in [0.29, 0.717) is 24.6 Å². The van der Waals surface area contributed by atoms with Crippen molar-refractivity contribution in [2.24, 2.45) is 5.41 Å². The van der Waals surface area contributed by atoms with Crippen molar-refractivity contribution in [2.45, 2.75) is 52.2 Å². The van der Waals surface area contributed by atoms with Crippen molar-refractivity contribution in [3.8, 4) is 0 Å². The number of rotatable bonds is 3. The van der Waals surface area contributed by atoms with Gasteiger partial charge in [0.15, 0.2) is 0 Å². The lowest BCUT2D eigenvalue weighted by atomic mass is 9.91. The van der Waals surface area contributed by atoms with Gasteiger partial charge in [0.2, 0.25) is 11.8 Å². The number of carbonyl (C=O) groups excluding carboxylic acids is 2. The molecule has 2 amide bonds. The molecule has 126 valence electrons. The maximum Gasteiger partial charge on any atom is 0.246 e. The zero-order valence-electron chi connectivity index (χ0n) is 14.1. The van der Waals surface area contributed by atoms with Crippen LogP contribution in [0.25, 0.3) is 0 Å². The van der Waals surface area contributed by atoms with E-state index in [0.717, 1.165) is 19.4 Å². The Morgan fingerprint density at radius 3 is 2.68 bits per heavy atom. The Hall–Kier alpha value is -0.750. The molecular weight excluding hydrogens is 300 g/mol. The second-order valence-corrected chi connectivity index (χ2v) is 8.40. The molecule has 5 nitrogen and oxygen atoms in total. The van der Waals surface area contributed by atoms with Gasteiger partial charge < -0.3 is 14.5 Å². The van der Waals surface area contributed by atoms with Crippen LogP contribution in [0, 0.1) is 5.41 Å². The van der Waals surface area contributed by atoms with E-state index in [1.807, 2.05) is 4.90 Å². The predicted molar refractivity (Wildman–Crippen MR) is 88.6 cm³/mol. The Kier molecular flexibility index (Phi) is 5.77. The average molecular weight is 328 g/mol. The zero-order valence-corrected chi connectivity index (χ0v) is 14.9. The highest BCUT2D eigenvalue weighted by molar-refractivity contribution is 7.99. The third-order valence-electron chi connectivity index (χ3n) is 4.19. The fourth-order valence-corrected chi connectivity index (χ4v) is 4.16. The molecule has 0 saturated carbocycles. The molecule has 22 heavy (non-hydrogen) atoms. The van der Waals surface area contributed by atoms with Crippen LogP contribution in [0.5, 0.6) is 0 Å². The zero-order chi connectivity index (χ0) is 16.3. The first-order valence-corrected chi connectivity index (χ1v) is 9.16. The fraction of sp³-hybridized carbons (Fsp3) is 0.875. The monoisotopic (exact) mass is 328 g/mol. The van der Waals surface area contributed by atoms with Crippen LogP contribution < -0.4 is 0 Å². The molecule has 2 rings (SSSR count). The number of piperidine rings is 1. The van der Waals surface area contributed by atoms with Gasteiger partial charge in [0.05, 0.1) is 12.0 Å². The Morgan fingerprint density at radius 1 is 1.32 bits per heavy atom. The number of likely N-dealkylation sites (tertiary alicyclic amines) is 1. The van der Waals surface area contributed by atoms with Crippen LogP contribution in [0.2, 0.25) is 0 Å². The highest BCUT2D eigenvalue weighted by Gasteiger charge is 2.39. The van der Waals surface area contributed by atoms with E-state index in [2.05, 4.69) is 20.8 Å². The molecule has 0 aromatic carbocycles. The highest BCUT2D eigenvalue weighted by Crippen LogP contribution is 2.28. The molecule has 0 spiro atoms. The minimum Gasteiger partial charge on any atom is -0.380 e. The maximum atomic E-state index is 12.8. The Bertz CT molecular complexity index is 422. The molecule has 0 radical (unpaired) electrons. The van der Waals surface area contributed by atoms with Crippen LogP contribution in [0.15, 0.2) is 0 Å². The normalized spacial score (nSPS) is 26.4. The molecule has 2 saturated heterocycles. The van der Waals surface area contributed by atoms with Crippen molar-refractivity contribution in [3.63, 3.8) is 0 Å². The lowest BCUT2D eigenvalue weighted by molar-refractivity contribution is -0.146. The number of amides is 2. The van der Waals surface area contributed by atoms with Crippen molar-refractivity contribution >= 4 is 23.6 Å². The summed E-state index contributed by atoms with van der Waals surface area (Å²) in [6, 6.07) is -0.296. The van der Waals surface area contributed by atoms with Crippen molar-refractivity contribution in [3.05, 3.63) is 0 Å². The molecule has 0 bridgehead atoms. The number of ether oxygens (including phenoxy) is 1. The maximum absolute atomic E-state index is 12.8. The second-order valence-electron chi connectivity index (χ2n) is 7.40. The van der Waals surface area contributed by atoms with Crippen LogP contribution in [0.1, 0.15) is 40.0 Å². The van der Waals surface area contributed by atoms with Gasteiger partial charge >= 0.3 is 0 Å². The molecule has 6 heteroatoms. The van der Waals surface area contributed by atoms with Crippen molar-refractivity contribution < 1.29 is 14.3 Å². The van der Waals surface area contributed by atoms with Crippen LogP contribution in [-0.4, -0.2) is 65.6 Å². The van der Waals surface area contributed by atoms with Gasteiger partial charge in [0, 0.05) is 32.4 Å². The number of hydrogen-bond acceptors (Lipinski definition) is 4. The van der Waals surface area contributed by atoms with Crippen molar-refractivity contribution in [1.29, 1.82) is 0 Å². The summed E-state index contributed by atoms with van der Waals surface area (Å²) < 4.78 is 5.39. The standard InChI is InChI=1S/C16H28N2O3S/c1-16(2,3)8-14(19)18-11-22-10-13(18)15(20)17-7-5-6-12(9-17)21-4/h12-13H,5-11H2,1-4H3/t12-,13+/m1/s1. The number of methoxy groups -OCH3 is 1. The average Bonchev–Trinajstić information content (AvgIpc) is 2.94. The van der Waals surface area contributed by atoms with Crippen LogP contribution >= 0.6 is 11.8 Å². The topological polar surface area (TPSA) is 49.9 Å². The van der Waals surface area contributed by atoms with Crippen molar-refractivity contribution in [1.82, 2.24) is 9.80 Å². The minimum atomic E-state index is -0.296. The van der Waals surface area contributed by atoms with Crippen LogP contribution in [0.4, 0.5) is 0 Å². The number of carbonyl (C=O) groups is 2.